The molecule has 2 heterocycles. The van der Waals surface area contributed by atoms with E-state index in [-0.39, 0.29) is 35.2 Å². The molecule has 0 unspecified atom stereocenters. The summed E-state index contributed by atoms with van der Waals surface area (Å²) in [6, 6.07) is 12.8. The monoisotopic (exact) mass is 697 g/mol. The van der Waals surface area contributed by atoms with Crippen molar-refractivity contribution in [1.29, 1.82) is 0 Å². The topological polar surface area (TPSA) is 214 Å². The fraction of sp³-hybridized carbons (Fsp3) is 0.412. The predicted octanol–water partition coefficient (Wildman–Crippen LogP) is 2.35. The van der Waals surface area contributed by atoms with Crippen molar-refractivity contribution in [2.24, 2.45) is 5.92 Å². The number of nitrogens with one attached hydrogen (secondary N) is 4. The van der Waals surface area contributed by atoms with Crippen LogP contribution in [0.15, 0.2) is 70.2 Å². The van der Waals surface area contributed by atoms with Crippen LogP contribution in [0.2, 0.25) is 0 Å². The maximum Gasteiger partial charge on any atom is 0.300 e. The van der Waals surface area contributed by atoms with E-state index < -0.39 is 57.6 Å². The van der Waals surface area contributed by atoms with E-state index in [0.717, 1.165) is 18.7 Å². The van der Waals surface area contributed by atoms with Crippen LogP contribution in [-0.4, -0.2) is 73.0 Å². The zero-order valence-corrected chi connectivity index (χ0v) is 28.7. The molecule has 4 amide bonds. The van der Waals surface area contributed by atoms with Crippen LogP contribution in [-0.2, 0) is 41.9 Å². The first-order valence-corrected chi connectivity index (χ1v) is 17.7. The number of aromatic nitrogens is 1. The number of benzene rings is 2. The summed E-state index contributed by atoms with van der Waals surface area (Å²) in [6.45, 7) is 5.00. The largest absolute Gasteiger partial charge is 0.481 e. The molecule has 5 N–H and O–H groups in total. The molecule has 0 saturated carbocycles. The summed E-state index contributed by atoms with van der Waals surface area (Å²) >= 11 is 0. The molecule has 264 valence electrons. The van der Waals surface area contributed by atoms with Gasteiger partial charge >= 0.3 is 0 Å². The summed E-state index contributed by atoms with van der Waals surface area (Å²) in [6.07, 6.45) is 3.89. The highest BCUT2D eigenvalue weighted by Gasteiger charge is 2.32. The molecule has 4 rings (SSSR count). The number of carbonyl (C=O) groups excluding carboxylic acids is 4. The number of carbonyl (C=O) groups is 5. The molecule has 1 aliphatic heterocycles. The van der Waals surface area contributed by atoms with E-state index in [1.165, 1.54) is 18.4 Å². The number of nitrogens with zero attached hydrogens (tertiary/aromatic N) is 1. The Labute approximate surface area is 285 Å². The van der Waals surface area contributed by atoms with E-state index in [2.05, 4.69) is 26.3 Å². The molecular weight excluding hydrogens is 654 g/mol. The van der Waals surface area contributed by atoms with Gasteiger partial charge in [-0.2, -0.15) is 0 Å². The second kappa shape index (κ2) is 17.9. The van der Waals surface area contributed by atoms with E-state index in [1.54, 1.807) is 26.0 Å². The lowest BCUT2D eigenvalue weighted by Crippen LogP contribution is -2.56. The molecule has 0 fully saturated rings. The molecular formula is C34H43N5O9S. The molecule has 49 heavy (non-hydrogen) atoms. The second-order valence-corrected chi connectivity index (χ2v) is 14.1. The molecule has 3 aromatic rings. The highest BCUT2D eigenvalue weighted by Crippen LogP contribution is 2.20. The Kier molecular flexibility index (Phi) is 14.0. The highest BCUT2D eigenvalue weighted by molar-refractivity contribution is 7.90. The number of sulfone groups is 1. The Morgan fingerprint density at radius 2 is 1.63 bits per heavy atom. The number of hydrogen-bond donors (Lipinski definition) is 5. The first kappa shape index (κ1) is 38.4. The summed E-state index contributed by atoms with van der Waals surface area (Å²) in [7, 11) is -3.38. The van der Waals surface area contributed by atoms with Crippen molar-refractivity contribution in [2.75, 3.05) is 12.8 Å². The third-order valence-electron chi connectivity index (χ3n) is 7.47. The van der Waals surface area contributed by atoms with E-state index >= 15 is 0 Å². The Hall–Kier alpha value is -5.05. The fourth-order valence-corrected chi connectivity index (χ4v) is 5.60. The van der Waals surface area contributed by atoms with Crippen molar-refractivity contribution in [3.8, 4) is 0 Å². The minimum absolute atomic E-state index is 0.0731. The molecule has 2 bridgehead atoms. The molecule has 1 aromatic heterocycles. The van der Waals surface area contributed by atoms with Gasteiger partial charge in [-0.1, -0.05) is 56.3 Å². The lowest BCUT2D eigenvalue weighted by Gasteiger charge is -2.27. The number of aliphatic carboxylic acids is 1. The Bertz CT molecular complexity index is 1700. The number of carboxylic acid groups (broad SMARTS) is 1. The van der Waals surface area contributed by atoms with Gasteiger partial charge in [-0.05, 0) is 48.4 Å². The van der Waals surface area contributed by atoms with Crippen molar-refractivity contribution >= 4 is 39.4 Å². The zero-order valence-electron chi connectivity index (χ0n) is 27.9. The van der Waals surface area contributed by atoms with Crippen LogP contribution in [0.4, 0.5) is 0 Å². The number of hydrogen-bond acceptors (Lipinski definition) is 9. The molecule has 0 saturated heterocycles. The second-order valence-electron chi connectivity index (χ2n) is 12.0. The van der Waals surface area contributed by atoms with Crippen molar-refractivity contribution in [3.05, 3.63) is 83.6 Å². The number of fused-ring (bicyclic) bond motifs is 2. The van der Waals surface area contributed by atoms with Gasteiger partial charge in [0.05, 0.1) is 11.3 Å². The molecule has 3 atom stereocenters. The van der Waals surface area contributed by atoms with E-state index in [1.807, 2.05) is 30.3 Å². The summed E-state index contributed by atoms with van der Waals surface area (Å²) < 4.78 is 29.2. The van der Waals surface area contributed by atoms with Crippen LogP contribution < -0.4 is 21.3 Å². The minimum atomic E-state index is -3.38. The third kappa shape index (κ3) is 12.5. The maximum absolute atomic E-state index is 13.6. The van der Waals surface area contributed by atoms with Gasteiger partial charge in [0, 0.05) is 26.1 Å². The quantitative estimate of drug-likeness (QED) is 0.243. The Balaban J connectivity index is 0.00000154. The van der Waals surface area contributed by atoms with Crippen LogP contribution in [0, 0.1) is 5.92 Å². The standard InChI is InChI=1S/C32H39N5O7S.C2H4O2/c1-20(2)28-31(41)35-25(17-21-9-5-4-6-10-21)32-36-26(19-44-32)29(39)33-16-8-7-11-24(30(40)37-28)34-27(38)18-22-12-14-23(15-13-22)45(3,42)43;1-2(3)4/h4-6,9-10,12-15,19-20,24-25,28H,7-8,11,16-18H2,1-3H3,(H,33,39)(H,34,38)(H,35,41)(H,37,40);1H3,(H,3,4)/t24-,25+,28-;/m0./s1. The van der Waals surface area contributed by atoms with Crippen molar-refractivity contribution in [2.45, 2.75) is 75.9 Å². The molecule has 1 aliphatic rings. The van der Waals surface area contributed by atoms with Crippen LogP contribution in [0.25, 0.3) is 0 Å². The molecule has 0 aliphatic carbocycles. The predicted molar refractivity (Wildman–Crippen MR) is 179 cm³/mol. The van der Waals surface area contributed by atoms with Crippen molar-refractivity contribution < 1.29 is 41.9 Å². The van der Waals surface area contributed by atoms with E-state index in [4.69, 9.17) is 14.3 Å². The molecule has 0 spiro atoms. The third-order valence-corrected chi connectivity index (χ3v) is 8.60. The van der Waals surface area contributed by atoms with Gasteiger partial charge in [0.2, 0.25) is 23.6 Å². The van der Waals surface area contributed by atoms with Crippen LogP contribution >= 0.6 is 0 Å². The molecule has 2 aromatic carbocycles. The van der Waals surface area contributed by atoms with Gasteiger partial charge in [0.25, 0.3) is 11.9 Å². The van der Waals surface area contributed by atoms with Crippen LogP contribution in [0.5, 0.6) is 0 Å². The van der Waals surface area contributed by atoms with Gasteiger partial charge < -0.3 is 30.8 Å². The number of amides is 4. The van der Waals surface area contributed by atoms with Crippen molar-refractivity contribution in [3.63, 3.8) is 0 Å². The van der Waals surface area contributed by atoms with E-state index in [0.29, 0.717) is 31.4 Å². The van der Waals surface area contributed by atoms with E-state index in [9.17, 15) is 27.6 Å². The average Bonchev–Trinajstić information content (AvgIpc) is 3.52. The molecule has 15 heteroatoms. The van der Waals surface area contributed by atoms with Gasteiger partial charge in [0.15, 0.2) is 15.5 Å². The summed E-state index contributed by atoms with van der Waals surface area (Å²) in [5.41, 5.74) is 1.57. The minimum Gasteiger partial charge on any atom is -0.481 e. The maximum atomic E-state index is 13.6. The first-order valence-electron chi connectivity index (χ1n) is 15.8. The summed E-state index contributed by atoms with van der Waals surface area (Å²) in [5.74, 6) is -2.82. The lowest BCUT2D eigenvalue weighted by atomic mass is 10.00. The summed E-state index contributed by atoms with van der Waals surface area (Å²) in [4.78, 5) is 66.4. The molecule has 14 nitrogen and oxygen atoms in total. The van der Waals surface area contributed by atoms with Gasteiger partial charge in [-0.25, -0.2) is 13.4 Å². The Morgan fingerprint density at radius 1 is 0.980 bits per heavy atom. The lowest BCUT2D eigenvalue weighted by molar-refractivity contribution is -0.134. The number of carboxylic acids is 1. The summed E-state index contributed by atoms with van der Waals surface area (Å²) in [5, 5.41) is 18.8. The van der Waals surface area contributed by atoms with Gasteiger partial charge in [0.1, 0.15) is 24.4 Å². The Morgan fingerprint density at radius 3 is 2.24 bits per heavy atom. The van der Waals surface area contributed by atoms with Crippen LogP contribution in [0.3, 0.4) is 0 Å². The van der Waals surface area contributed by atoms with Gasteiger partial charge in [-0.15, -0.1) is 0 Å². The molecule has 0 radical (unpaired) electrons. The SMILES string of the molecule is CC(=O)O.CC(C)[C@@H]1NC(=O)[C@@H](NC(=O)Cc2ccc(S(C)(=O)=O)cc2)CCCCNC(=O)c2coc(n2)[C@@H](Cc2ccccc2)NC1=O. The normalized spacial score (nSPS) is 19.0. The van der Waals surface area contributed by atoms with Gasteiger partial charge in [-0.3, -0.25) is 24.0 Å². The first-order chi connectivity index (χ1) is 23.1. The average molecular weight is 698 g/mol. The van der Waals surface area contributed by atoms with Crippen LogP contribution in [0.1, 0.15) is 73.6 Å². The zero-order chi connectivity index (χ0) is 36.1. The number of oxazole rings is 1. The van der Waals surface area contributed by atoms with Crippen molar-refractivity contribution in [1.82, 2.24) is 26.3 Å². The fourth-order valence-electron chi connectivity index (χ4n) is 4.97. The number of rotatable bonds is 7. The highest BCUT2D eigenvalue weighted by atomic mass is 32.2. The smallest absolute Gasteiger partial charge is 0.300 e.